The summed E-state index contributed by atoms with van der Waals surface area (Å²) in [6, 6.07) is 3.25. The third-order valence-corrected chi connectivity index (χ3v) is 2.37. The Morgan fingerprint density at radius 2 is 2.15 bits per heavy atom. The Morgan fingerprint density at radius 1 is 1.54 bits per heavy atom. The van der Waals surface area contributed by atoms with E-state index in [4.69, 9.17) is 11.6 Å². The van der Waals surface area contributed by atoms with Gasteiger partial charge in [-0.3, -0.25) is 0 Å². The number of hydrogen-bond acceptors (Lipinski definition) is 3. The molecule has 4 N–H and O–H groups in total. The van der Waals surface area contributed by atoms with E-state index < -0.39 is 5.82 Å². The number of rotatable bonds is 2. The van der Waals surface area contributed by atoms with Crippen molar-refractivity contribution in [1.82, 2.24) is 0 Å². The molecular formula is C8H11BrFN3. The van der Waals surface area contributed by atoms with Gasteiger partial charge in [-0.2, -0.15) is 0 Å². The van der Waals surface area contributed by atoms with Crippen LogP contribution in [0.3, 0.4) is 0 Å². The van der Waals surface area contributed by atoms with Crippen molar-refractivity contribution < 1.29 is 4.39 Å². The first-order valence-corrected chi connectivity index (χ1v) is 4.63. The van der Waals surface area contributed by atoms with E-state index in [-0.39, 0.29) is 5.69 Å². The van der Waals surface area contributed by atoms with Crippen LogP contribution in [0.4, 0.5) is 15.8 Å². The van der Waals surface area contributed by atoms with Crippen LogP contribution >= 0.6 is 15.9 Å². The number of anilines is 2. The van der Waals surface area contributed by atoms with Gasteiger partial charge in [-0.1, -0.05) is 0 Å². The van der Waals surface area contributed by atoms with E-state index in [1.165, 1.54) is 5.01 Å². The van der Waals surface area contributed by atoms with E-state index >= 15 is 0 Å². The molecule has 0 aliphatic rings. The highest BCUT2D eigenvalue weighted by Crippen LogP contribution is 2.29. The van der Waals surface area contributed by atoms with Gasteiger partial charge in [0.25, 0.3) is 0 Å². The Kier molecular flexibility index (Phi) is 3.11. The predicted octanol–water partition coefficient (Wildman–Crippen LogP) is 1.87. The highest BCUT2D eigenvalue weighted by molar-refractivity contribution is 9.10. The maximum atomic E-state index is 13.2. The van der Waals surface area contributed by atoms with Crippen molar-refractivity contribution in [2.45, 2.75) is 6.92 Å². The first-order chi connectivity index (χ1) is 6.07. The highest BCUT2D eigenvalue weighted by Gasteiger charge is 2.11. The van der Waals surface area contributed by atoms with Gasteiger partial charge in [-0.15, -0.1) is 0 Å². The second kappa shape index (κ2) is 3.93. The average molecular weight is 248 g/mol. The van der Waals surface area contributed by atoms with Crippen LogP contribution in [0.25, 0.3) is 0 Å². The van der Waals surface area contributed by atoms with E-state index in [9.17, 15) is 4.39 Å². The molecule has 3 nitrogen and oxygen atoms in total. The molecule has 1 rings (SSSR count). The van der Waals surface area contributed by atoms with Crippen molar-refractivity contribution in [3.63, 3.8) is 0 Å². The first kappa shape index (κ1) is 10.3. The molecule has 0 saturated heterocycles. The van der Waals surface area contributed by atoms with Gasteiger partial charge in [0, 0.05) is 6.54 Å². The summed E-state index contributed by atoms with van der Waals surface area (Å²) >= 11 is 3.04. The molecule has 0 aromatic heterocycles. The fraction of sp³-hybridized carbons (Fsp3) is 0.250. The Balaban J connectivity index is 3.18. The molecule has 13 heavy (non-hydrogen) atoms. The van der Waals surface area contributed by atoms with Gasteiger partial charge in [0.2, 0.25) is 0 Å². The summed E-state index contributed by atoms with van der Waals surface area (Å²) in [5.74, 6) is 5.11. The summed E-state index contributed by atoms with van der Waals surface area (Å²) in [6.45, 7) is 2.44. The van der Waals surface area contributed by atoms with Crippen LogP contribution in [0, 0.1) is 5.82 Å². The number of halogens is 2. The van der Waals surface area contributed by atoms with Crippen molar-refractivity contribution >= 4 is 27.3 Å². The zero-order valence-corrected chi connectivity index (χ0v) is 8.81. The number of benzene rings is 1. The quantitative estimate of drug-likeness (QED) is 0.477. The zero-order chi connectivity index (χ0) is 10.0. The molecule has 72 valence electrons. The summed E-state index contributed by atoms with van der Waals surface area (Å²) in [6.07, 6.45) is 0. The Morgan fingerprint density at radius 3 is 2.69 bits per heavy atom. The van der Waals surface area contributed by atoms with E-state index in [1.807, 2.05) is 6.92 Å². The van der Waals surface area contributed by atoms with E-state index in [0.29, 0.717) is 16.7 Å². The number of nitrogens with zero attached hydrogens (tertiary/aromatic N) is 1. The van der Waals surface area contributed by atoms with E-state index in [0.717, 1.165) is 0 Å². The van der Waals surface area contributed by atoms with Crippen LogP contribution in [0.15, 0.2) is 16.6 Å². The van der Waals surface area contributed by atoms with Crippen LogP contribution < -0.4 is 16.6 Å². The Hall–Kier alpha value is -0.810. The van der Waals surface area contributed by atoms with E-state index in [1.54, 1.807) is 12.1 Å². The maximum absolute atomic E-state index is 13.2. The number of nitrogens with two attached hydrogens (primary N) is 2. The molecule has 0 heterocycles. The number of hydrazine groups is 1. The molecule has 0 radical (unpaired) electrons. The molecule has 0 unspecified atom stereocenters. The molecule has 0 spiro atoms. The van der Waals surface area contributed by atoms with Crippen LogP contribution in [-0.2, 0) is 0 Å². The molecule has 1 aromatic carbocycles. The summed E-state index contributed by atoms with van der Waals surface area (Å²) in [5, 5.41) is 1.39. The lowest BCUT2D eigenvalue weighted by atomic mass is 10.2. The fourth-order valence-electron chi connectivity index (χ4n) is 0.977. The number of hydrogen-bond donors (Lipinski definition) is 2. The zero-order valence-electron chi connectivity index (χ0n) is 7.22. The molecule has 0 aliphatic heterocycles. The predicted molar refractivity (Wildman–Crippen MR) is 55.7 cm³/mol. The minimum atomic E-state index is -0.471. The van der Waals surface area contributed by atoms with Gasteiger partial charge in [-0.25, -0.2) is 10.2 Å². The van der Waals surface area contributed by atoms with Crippen molar-refractivity contribution in [2.24, 2.45) is 5.84 Å². The summed E-state index contributed by atoms with van der Waals surface area (Å²) in [4.78, 5) is 0. The van der Waals surface area contributed by atoms with Crippen molar-refractivity contribution in [3.8, 4) is 0 Å². The number of nitrogen functional groups attached to an aromatic ring is 1. The largest absolute Gasteiger partial charge is 0.395 e. The lowest BCUT2D eigenvalue weighted by molar-refractivity contribution is 0.625. The highest BCUT2D eigenvalue weighted by atomic mass is 79.9. The van der Waals surface area contributed by atoms with Crippen molar-refractivity contribution in [3.05, 3.63) is 22.4 Å². The van der Waals surface area contributed by atoms with E-state index in [2.05, 4.69) is 15.9 Å². The first-order valence-electron chi connectivity index (χ1n) is 3.83. The SMILES string of the molecule is CCN(N)c1ccc(Br)c(F)c1N. The average Bonchev–Trinajstić information content (AvgIpc) is 2.13. The van der Waals surface area contributed by atoms with Gasteiger partial charge >= 0.3 is 0 Å². The molecule has 0 amide bonds. The Labute approximate surface area is 84.6 Å². The Bertz CT molecular complexity index is 317. The minimum Gasteiger partial charge on any atom is -0.395 e. The molecule has 0 fully saturated rings. The third-order valence-electron chi connectivity index (χ3n) is 1.76. The summed E-state index contributed by atoms with van der Waals surface area (Å²) in [5.41, 5.74) is 6.10. The third kappa shape index (κ3) is 1.92. The second-order valence-corrected chi connectivity index (χ2v) is 3.43. The minimum absolute atomic E-state index is 0.0683. The van der Waals surface area contributed by atoms with Crippen LogP contribution in [-0.4, -0.2) is 6.54 Å². The van der Waals surface area contributed by atoms with Crippen LogP contribution in [0.5, 0.6) is 0 Å². The second-order valence-electron chi connectivity index (χ2n) is 2.58. The standard InChI is InChI=1S/C8H11BrFN3/c1-2-13(12)6-4-3-5(9)7(10)8(6)11/h3-4H,2,11-12H2,1H3. The summed E-state index contributed by atoms with van der Waals surface area (Å²) in [7, 11) is 0. The maximum Gasteiger partial charge on any atom is 0.162 e. The molecule has 0 aliphatic carbocycles. The molecule has 1 aromatic rings. The topological polar surface area (TPSA) is 55.3 Å². The molecule has 5 heteroatoms. The van der Waals surface area contributed by atoms with Gasteiger partial charge in [-0.05, 0) is 35.0 Å². The summed E-state index contributed by atoms with van der Waals surface area (Å²) < 4.78 is 13.6. The lowest BCUT2D eigenvalue weighted by Gasteiger charge is -2.18. The smallest absolute Gasteiger partial charge is 0.162 e. The van der Waals surface area contributed by atoms with Crippen molar-refractivity contribution in [2.75, 3.05) is 17.3 Å². The normalized spacial score (nSPS) is 10.2. The van der Waals surface area contributed by atoms with Gasteiger partial charge < -0.3 is 10.7 Å². The van der Waals surface area contributed by atoms with Gasteiger partial charge in [0.15, 0.2) is 5.82 Å². The van der Waals surface area contributed by atoms with Gasteiger partial charge in [0.05, 0.1) is 15.8 Å². The van der Waals surface area contributed by atoms with Crippen LogP contribution in [0.2, 0.25) is 0 Å². The lowest BCUT2D eigenvalue weighted by Crippen LogP contribution is -2.31. The molecular weight excluding hydrogens is 237 g/mol. The molecule has 0 saturated carbocycles. The fourth-order valence-corrected chi connectivity index (χ4v) is 1.32. The monoisotopic (exact) mass is 247 g/mol. The van der Waals surface area contributed by atoms with Crippen molar-refractivity contribution in [1.29, 1.82) is 0 Å². The van der Waals surface area contributed by atoms with Gasteiger partial charge in [0.1, 0.15) is 0 Å². The molecule has 0 bridgehead atoms. The van der Waals surface area contributed by atoms with Crippen LogP contribution in [0.1, 0.15) is 6.92 Å². The molecule has 0 atom stereocenters.